The largest absolute Gasteiger partial charge is 0.497 e. The van der Waals surface area contributed by atoms with Crippen LogP contribution < -0.4 is 15.4 Å². The molecule has 1 amide bonds. The number of methoxy groups -OCH3 is 1. The van der Waals surface area contributed by atoms with Crippen molar-refractivity contribution in [3.8, 4) is 5.75 Å². The van der Waals surface area contributed by atoms with E-state index in [4.69, 9.17) is 16.3 Å². The number of carbonyl (C=O) groups excluding carboxylic acids is 1. The Hall–Kier alpha value is -2.04. The molecule has 4 nitrogen and oxygen atoms in total. The van der Waals surface area contributed by atoms with E-state index in [1.54, 1.807) is 7.11 Å². The van der Waals surface area contributed by atoms with Gasteiger partial charge in [-0.2, -0.15) is 0 Å². The third-order valence-electron chi connectivity index (χ3n) is 4.01. The molecule has 0 unspecified atom stereocenters. The molecule has 2 aromatic rings. The van der Waals surface area contributed by atoms with Gasteiger partial charge in [-0.05, 0) is 37.6 Å². The van der Waals surface area contributed by atoms with Gasteiger partial charge in [0.25, 0.3) is 5.91 Å². The smallest absolute Gasteiger partial charge is 0.278 e. The summed E-state index contributed by atoms with van der Waals surface area (Å²) in [6.45, 7) is 4.45. The predicted molar refractivity (Wildman–Crippen MR) is 96.1 cm³/mol. The highest BCUT2D eigenvalue weighted by atomic mass is 35.5. The number of ether oxygens (including phenoxy) is 1. The van der Waals surface area contributed by atoms with Crippen LogP contribution in [-0.2, 0) is 11.3 Å². The summed E-state index contributed by atoms with van der Waals surface area (Å²) in [6.07, 6.45) is 0. The Balaban J connectivity index is 1.86. The third-order valence-corrected chi connectivity index (χ3v) is 4.36. The van der Waals surface area contributed by atoms with Gasteiger partial charge in [0.1, 0.15) is 11.8 Å². The molecule has 128 valence electrons. The van der Waals surface area contributed by atoms with E-state index in [0.717, 1.165) is 21.9 Å². The molecule has 0 fully saturated rings. The average Bonchev–Trinajstić information content (AvgIpc) is 2.60. The third kappa shape index (κ3) is 4.98. The van der Waals surface area contributed by atoms with Gasteiger partial charge in [0.05, 0.1) is 7.11 Å². The lowest BCUT2D eigenvalue weighted by molar-refractivity contribution is -0.710. The highest BCUT2D eigenvalue weighted by Gasteiger charge is 2.21. The maximum absolute atomic E-state index is 12.3. The van der Waals surface area contributed by atoms with Crippen molar-refractivity contribution in [2.75, 3.05) is 7.11 Å². The Morgan fingerprint density at radius 1 is 1.17 bits per heavy atom. The van der Waals surface area contributed by atoms with E-state index in [2.05, 4.69) is 12.2 Å². The van der Waals surface area contributed by atoms with E-state index in [0.29, 0.717) is 6.54 Å². The Labute approximate surface area is 148 Å². The quantitative estimate of drug-likeness (QED) is 0.809. The predicted octanol–water partition coefficient (Wildman–Crippen LogP) is 2.68. The van der Waals surface area contributed by atoms with Crippen LogP contribution in [0.4, 0.5) is 0 Å². The molecule has 2 rings (SSSR count). The number of nitrogens with one attached hydrogen (secondary N) is 1. The van der Waals surface area contributed by atoms with Crippen molar-refractivity contribution in [3.63, 3.8) is 0 Å². The molecular formula is C19H24ClN2O2+. The summed E-state index contributed by atoms with van der Waals surface area (Å²) in [5, 5.41) is 5.71. The Morgan fingerprint density at radius 3 is 2.46 bits per heavy atom. The lowest BCUT2D eigenvalue weighted by Crippen LogP contribution is -2.92. The minimum Gasteiger partial charge on any atom is -0.497 e. The van der Waals surface area contributed by atoms with Crippen molar-refractivity contribution in [2.24, 2.45) is 0 Å². The van der Waals surface area contributed by atoms with E-state index in [9.17, 15) is 4.79 Å². The van der Waals surface area contributed by atoms with E-state index < -0.39 is 0 Å². The molecule has 0 saturated carbocycles. The number of carbonyl (C=O) groups is 1. The first-order chi connectivity index (χ1) is 11.5. The van der Waals surface area contributed by atoms with Gasteiger partial charge < -0.3 is 15.4 Å². The van der Waals surface area contributed by atoms with Gasteiger partial charge in [-0.15, -0.1) is 0 Å². The molecule has 0 aliphatic rings. The molecule has 2 atom stereocenters. The number of rotatable bonds is 7. The first kappa shape index (κ1) is 18.3. The molecule has 0 saturated heterocycles. The lowest BCUT2D eigenvalue weighted by Gasteiger charge is -2.17. The van der Waals surface area contributed by atoms with Gasteiger partial charge in [-0.25, -0.2) is 0 Å². The molecule has 0 radical (unpaired) electrons. The number of nitrogens with two attached hydrogens (primary N) is 1. The maximum Gasteiger partial charge on any atom is 0.278 e. The van der Waals surface area contributed by atoms with Crippen LogP contribution in [0.1, 0.15) is 31.0 Å². The second-order valence-corrected chi connectivity index (χ2v) is 6.26. The van der Waals surface area contributed by atoms with Crippen LogP contribution in [0.3, 0.4) is 0 Å². The van der Waals surface area contributed by atoms with Crippen molar-refractivity contribution < 1.29 is 14.8 Å². The summed E-state index contributed by atoms with van der Waals surface area (Å²) in [5.74, 6) is 0.810. The molecule has 0 aliphatic heterocycles. The average molecular weight is 348 g/mol. The van der Waals surface area contributed by atoms with Crippen LogP contribution in [0.5, 0.6) is 5.75 Å². The Kier molecular flexibility index (Phi) is 6.64. The maximum atomic E-state index is 12.3. The van der Waals surface area contributed by atoms with E-state index >= 15 is 0 Å². The van der Waals surface area contributed by atoms with Crippen molar-refractivity contribution >= 4 is 17.5 Å². The normalized spacial score (nSPS) is 13.2. The molecule has 0 heterocycles. The summed E-state index contributed by atoms with van der Waals surface area (Å²) in [6, 6.07) is 15.3. The van der Waals surface area contributed by atoms with E-state index in [1.165, 1.54) is 0 Å². The number of benzene rings is 2. The fourth-order valence-electron chi connectivity index (χ4n) is 2.56. The Bertz CT molecular complexity index is 673. The second kappa shape index (κ2) is 8.71. The first-order valence-corrected chi connectivity index (χ1v) is 8.39. The highest BCUT2D eigenvalue weighted by Crippen LogP contribution is 2.19. The standard InChI is InChI=1S/C19H23ClN2O2/c1-13(17-6-4-5-7-18(17)20)22-14(2)19(23)21-12-15-8-10-16(24-3)11-9-15/h4-11,13-14,22H,12H2,1-3H3,(H,21,23)/p+1/t13-,14-/m0/s1. The van der Waals surface area contributed by atoms with Crippen LogP contribution in [0.25, 0.3) is 0 Å². The molecule has 3 N–H and O–H groups in total. The minimum atomic E-state index is -0.200. The number of amides is 1. The molecule has 0 aromatic heterocycles. The summed E-state index contributed by atoms with van der Waals surface area (Å²) < 4.78 is 5.13. The SMILES string of the molecule is COc1ccc(CNC(=O)[C@H](C)[NH2+][C@@H](C)c2ccccc2Cl)cc1. The summed E-state index contributed by atoms with van der Waals surface area (Å²) >= 11 is 6.22. The molecule has 0 bridgehead atoms. The van der Waals surface area contributed by atoms with E-state index in [1.807, 2.05) is 60.8 Å². The lowest BCUT2D eigenvalue weighted by atomic mass is 10.1. The summed E-state index contributed by atoms with van der Waals surface area (Å²) in [5.41, 5.74) is 2.07. The first-order valence-electron chi connectivity index (χ1n) is 8.01. The molecule has 0 spiro atoms. The molecule has 2 aromatic carbocycles. The van der Waals surface area contributed by atoms with Gasteiger partial charge in [0.2, 0.25) is 0 Å². The fourth-order valence-corrected chi connectivity index (χ4v) is 2.87. The molecular weight excluding hydrogens is 324 g/mol. The van der Waals surface area contributed by atoms with Crippen LogP contribution >= 0.6 is 11.6 Å². The molecule has 0 aliphatic carbocycles. The fraction of sp³-hybridized carbons (Fsp3) is 0.316. The van der Waals surface area contributed by atoms with Gasteiger partial charge in [0, 0.05) is 17.1 Å². The minimum absolute atomic E-state index is 0.00437. The van der Waals surface area contributed by atoms with Crippen LogP contribution in [0.2, 0.25) is 5.02 Å². The summed E-state index contributed by atoms with van der Waals surface area (Å²) in [4.78, 5) is 12.3. The van der Waals surface area contributed by atoms with Gasteiger partial charge in [0.15, 0.2) is 6.04 Å². The van der Waals surface area contributed by atoms with Crippen molar-refractivity contribution in [2.45, 2.75) is 32.5 Å². The van der Waals surface area contributed by atoms with E-state index in [-0.39, 0.29) is 18.0 Å². The second-order valence-electron chi connectivity index (χ2n) is 5.86. The monoisotopic (exact) mass is 347 g/mol. The van der Waals surface area contributed by atoms with Crippen LogP contribution in [-0.4, -0.2) is 19.1 Å². The van der Waals surface area contributed by atoms with Gasteiger partial charge >= 0.3 is 0 Å². The van der Waals surface area contributed by atoms with Crippen molar-refractivity contribution in [3.05, 3.63) is 64.7 Å². The number of quaternary nitrogens is 1. The zero-order valence-corrected chi connectivity index (χ0v) is 15.0. The van der Waals surface area contributed by atoms with Gasteiger partial charge in [-0.3, -0.25) is 4.79 Å². The summed E-state index contributed by atoms with van der Waals surface area (Å²) in [7, 11) is 1.63. The number of halogens is 1. The zero-order valence-electron chi connectivity index (χ0n) is 14.3. The van der Waals surface area contributed by atoms with Gasteiger partial charge in [-0.1, -0.05) is 41.9 Å². The van der Waals surface area contributed by atoms with Crippen molar-refractivity contribution in [1.82, 2.24) is 5.32 Å². The molecule has 24 heavy (non-hydrogen) atoms. The zero-order chi connectivity index (χ0) is 17.5. The van der Waals surface area contributed by atoms with Crippen LogP contribution in [0, 0.1) is 0 Å². The van der Waals surface area contributed by atoms with Crippen LogP contribution in [0.15, 0.2) is 48.5 Å². The molecule has 5 heteroatoms. The van der Waals surface area contributed by atoms with Crippen molar-refractivity contribution in [1.29, 1.82) is 0 Å². The Morgan fingerprint density at radius 2 is 1.83 bits per heavy atom. The number of hydrogen-bond donors (Lipinski definition) is 2. The highest BCUT2D eigenvalue weighted by molar-refractivity contribution is 6.31. The number of hydrogen-bond acceptors (Lipinski definition) is 2. The topological polar surface area (TPSA) is 54.9 Å².